The minimum atomic E-state index is -0.588. The number of hydrogen-bond acceptors (Lipinski definition) is 2. The first-order valence-electron chi connectivity index (χ1n) is 4.54. The van der Waals surface area contributed by atoms with Crippen molar-refractivity contribution in [3.8, 4) is 0 Å². The molecule has 5 atom stereocenters. The predicted octanol–water partition coefficient (Wildman–Crippen LogP) is 1.24. The SMILES string of the molecule is OC1=CC2C3C=CC(C3)C2C1O. The Morgan fingerprint density at radius 1 is 1.25 bits per heavy atom. The van der Waals surface area contributed by atoms with Crippen molar-refractivity contribution < 1.29 is 10.2 Å². The van der Waals surface area contributed by atoms with E-state index in [1.165, 1.54) is 6.42 Å². The Hall–Kier alpha value is -0.760. The molecule has 1 fully saturated rings. The Bertz CT molecular complexity index is 280. The van der Waals surface area contributed by atoms with Crippen molar-refractivity contribution in [3.05, 3.63) is 24.0 Å². The number of aliphatic hydroxyl groups excluding tert-OH is 2. The lowest BCUT2D eigenvalue weighted by atomic mass is 9.84. The fourth-order valence-electron chi connectivity index (χ4n) is 3.07. The molecule has 0 heterocycles. The predicted molar refractivity (Wildman–Crippen MR) is 44.4 cm³/mol. The van der Waals surface area contributed by atoms with E-state index in [2.05, 4.69) is 12.2 Å². The Kier molecular flexibility index (Phi) is 1.09. The second-order valence-electron chi connectivity index (χ2n) is 4.14. The lowest BCUT2D eigenvalue weighted by Crippen LogP contribution is -2.25. The highest BCUT2D eigenvalue weighted by Gasteiger charge is 2.51. The number of hydrogen-bond donors (Lipinski definition) is 2. The maximum absolute atomic E-state index is 9.64. The van der Waals surface area contributed by atoms with Crippen LogP contribution in [0.15, 0.2) is 24.0 Å². The van der Waals surface area contributed by atoms with Crippen molar-refractivity contribution in [1.82, 2.24) is 0 Å². The van der Waals surface area contributed by atoms with E-state index in [1.807, 2.05) is 6.08 Å². The highest BCUT2D eigenvalue weighted by atomic mass is 16.3. The van der Waals surface area contributed by atoms with Crippen LogP contribution in [0, 0.1) is 23.7 Å². The summed E-state index contributed by atoms with van der Waals surface area (Å²) < 4.78 is 0. The monoisotopic (exact) mass is 164 g/mol. The molecule has 3 aliphatic carbocycles. The highest BCUT2D eigenvalue weighted by Crippen LogP contribution is 2.53. The molecule has 2 bridgehead atoms. The van der Waals surface area contributed by atoms with E-state index in [1.54, 1.807) is 0 Å². The van der Waals surface area contributed by atoms with Crippen LogP contribution in [0.5, 0.6) is 0 Å². The number of rotatable bonds is 0. The molecule has 3 rings (SSSR count). The van der Waals surface area contributed by atoms with Gasteiger partial charge in [-0.05, 0) is 30.3 Å². The van der Waals surface area contributed by atoms with E-state index >= 15 is 0 Å². The zero-order chi connectivity index (χ0) is 8.29. The van der Waals surface area contributed by atoms with Gasteiger partial charge in [0.25, 0.3) is 0 Å². The van der Waals surface area contributed by atoms with Crippen LogP contribution in [0.3, 0.4) is 0 Å². The van der Waals surface area contributed by atoms with E-state index in [0.717, 1.165) is 0 Å². The summed E-state index contributed by atoms with van der Waals surface area (Å²) in [6.45, 7) is 0. The van der Waals surface area contributed by atoms with Crippen molar-refractivity contribution in [2.24, 2.45) is 23.7 Å². The molecule has 0 amide bonds. The molecule has 2 N–H and O–H groups in total. The molecule has 3 aliphatic rings. The lowest BCUT2D eigenvalue weighted by molar-refractivity contribution is 0.0903. The van der Waals surface area contributed by atoms with Crippen molar-refractivity contribution in [3.63, 3.8) is 0 Å². The topological polar surface area (TPSA) is 40.5 Å². The van der Waals surface area contributed by atoms with Crippen molar-refractivity contribution in [1.29, 1.82) is 0 Å². The molecule has 0 aromatic carbocycles. The molecular weight excluding hydrogens is 152 g/mol. The van der Waals surface area contributed by atoms with Crippen molar-refractivity contribution in [2.45, 2.75) is 12.5 Å². The quantitative estimate of drug-likeness (QED) is 0.529. The third kappa shape index (κ3) is 0.604. The number of fused-ring (bicyclic) bond motifs is 5. The fourth-order valence-corrected chi connectivity index (χ4v) is 3.07. The third-order valence-electron chi connectivity index (χ3n) is 3.61. The van der Waals surface area contributed by atoms with Gasteiger partial charge in [0.2, 0.25) is 0 Å². The fraction of sp³-hybridized carbons (Fsp3) is 0.600. The summed E-state index contributed by atoms with van der Waals surface area (Å²) in [7, 11) is 0. The van der Waals surface area contributed by atoms with Gasteiger partial charge in [-0.15, -0.1) is 0 Å². The molecule has 0 aromatic heterocycles. The molecule has 64 valence electrons. The van der Waals surface area contributed by atoms with E-state index in [4.69, 9.17) is 0 Å². The summed E-state index contributed by atoms with van der Waals surface area (Å²) in [6.07, 6.45) is 6.87. The Balaban J connectivity index is 2.01. The van der Waals surface area contributed by atoms with E-state index in [-0.39, 0.29) is 11.7 Å². The summed E-state index contributed by atoms with van der Waals surface area (Å²) in [5, 5.41) is 19.0. The molecule has 2 heteroatoms. The van der Waals surface area contributed by atoms with Crippen LogP contribution in [0.4, 0.5) is 0 Å². The second-order valence-corrected chi connectivity index (χ2v) is 4.14. The molecule has 0 aliphatic heterocycles. The van der Waals surface area contributed by atoms with Crippen LogP contribution >= 0.6 is 0 Å². The van der Waals surface area contributed by atoms with Crippen LogP contribution in [-0.2, 0) is 0 Å². The average Bonchev–Trinajstić information content (AvgIpc) is 2.66. The number of allylic oxidation sites excluding steroid dienone is 3. The van der Waals surface area contributed by atoms with E-state index in [0.29, 0.717) is 17.8 Å². The van der Waals surface area contributed by atoms with Gasteiger partial charge in [-0.2, -0.15) is 0 Å². The molecule has 12 heavy (non-hydrogen) atoms. The summed E-state index contributed by atoms with van der Waals surface area (Å²) in [5.41, 5.74) is 0. The molecule has 0 spiro atoms. The minimum Gasteiger partial charge on any atom is -0.510 e. The first-order chi connectivity index (χ1) is 5.77. The molecule has 0 radical (unpaired) electrons. The van der Waals surface area contributed by atoms with Gasteiger partial charge in [0.15, 0.2) is 0 Å². The summed E-state index contributed by atoms with van der Waals surface area (Å²) >= 11 is 0. The van der Waals surface area contributed by atoms with Crippen LogP contribution in [-0.4, -0.2) is 16.3 Å². The average molecular weight is 164 g/mol. The number of aliphatic hydroxyl groups is 2. The second kappa shape index (κ2) is 1.94. The maximum atomic E-state index is 9.64. The van der Waals surface area contributed by atoms with Gasteiger partial charge in [0.05, 0.1) is 0 Å². The molecule has 0 saturated heterocycles. The van der Waals surface area contributed by atoms with Gasteiger partial charge in [0, 0.05) is 5.92 Å². The maximum Gasteiger partial charge on any atom is 0.117 e. The largest absolute Gasteiger partial charge is 0.510 e. The van der Waals surface area contributed by atoms with Gasteiger partial charge in [-0.3, -0.25) is 0 Å². The van der Waals surface area contributed by atoms with E-state index < -0.39 is 6.10 Å². The first kappa shape index (κ1) is 6.72. The summed E-state index contributed by atoms with van der Waals surface area (Å²) in [6, 6.07) is 0. The Morgan fingerprint density at radius 2 is 2.00 bits per heavy atom. The zero-order valence-electron chi connectivity index (χ0n) is 6.72. The van der Waals surface area contributed by atoms with Gasteiger partial charge in [-0.1, -0.05) is 12.2 Å². The smallest absolute Gasteiger partial charge is 0.117 e. The van der Waals surface area contributed by atoms with Gasteiger partial charge in [-0.25, -0.2) is 0 Å². The first-order valence-corrected chi connectivity index (χ1v) is 4.54. The van der Waals surface area contributed by atoms with Gasteiger partial charge in [0.1, 0.15) is 11.9 Å². The van der Waals surface area contributed by atoms with Gasteiger partial charge < -0.3 is 10.2 Å². The normalized spacial score (nSPS) is 54.4. The molecule has 0 aromatic rings. The highest BCUT2D eigenvalue weighted by molar-refractivity contribution is 5.27. The van der Waals surface area contributed by atoms with Crippen LogP contribution < -0.4 is 0 Å². The van der Waals surface area contributed by atoms with Crippen LogP contribution in [0.25, 0.3) is 0 Å². The molecule has 5 unspecified atom stereocenters. The molecular formula is C10H12O2. The third-order valence-corrected chi connectivity index (χ3v) is 3.61. The summed E-state index contributed by atoms with van der Waals surface area (Å²) in [5.74, 6) is 1.98. The minimum absolute atomic E-state index is 0.198. The Morgan fingerprint density at radius 3 is 2.75 bits per heavy atom. The molecule has 1 saturated carbocycles. The van der Waals surface area contributed by atoms with E-state index in [9.17, 15) is 10.2 Å². The Labute approximate surface area is 71.2 Å². The standard InChI is InChI=1S/C10H12O2/c11-8-4-7-5-1-2-6(3-5)9(7)10(8)12/h1-2,4-7,9-12H,3H2. The lowest BCUT2D eigenvalue weighted by Gasteiger charge is -2.22. The zero-order valence-corrected chi connectivity index (χ0v) is 6.72. The van der Waals surface area contributed by atoms with Crippen LogP contribution in [0.2, 0.25) is 0 Å². The van der Waals surface area contributed by atoms with Gasteiger partial charge >= 0.3 is 0 Å². The molecule has 2 nitrogen and oxygen atoms in total. The van der Waals surface area contributed by atoms with Crippen LogP contribution in [0.1, 0.15) is 6.42 Å². The van der Waals surface area contributed by atoms with Crippen molar-refractivity contribution >= 4 is 0 Å². The van der Waals surface area contributed by atoms with Crippen molar-refractivity contribution in [2.75, 3.05) is 0 Å². The summed E-state index contributed by atoms with van der Waals surface area (Å²) in [4.78, 5) is 0.